The fourth-order valence-corrected chi connectivity index (χ4v) is 5.78. The Morgan fingerprint density at radius 1 is 1.17 bits per heavy atom. The van der Waals surface area contributed by atoms with E-state index in [0.29, 0.717) is 11.4 Å². The summed E-state index contributed by atoms with van der Waals surface area (Å²) in [7, 11) is -4.08. The lowest BCUT2D eigenvalue weighted by Gasteiger charge is -2.14. The third-order valence-electron chi connectivity index (χ3n) is 4.52. The maximum absolute atomic E-state index is 13.0. The minimum Gasteiger partial charge on any atom is -0.508 e. The second-order valence-corrected chi connectivity index (χ2v) is 9.41. The smallest absolute Gasteiger partial charge is 0.270 e. The van der Waals surface area contributed by atoms with Gasteiger partial charge < -0.3 is 5.11 Å². The Bertz CT molecular complexity index is 1190. The Labute approximate surface area is 171 Å². The second kappa shape index (κ2) is 7.16. The molecule has 1 aromatic heterocycles. The van der Waals surface area contributed by atoms with Crippen LogP contribution in [0, 0.1) is 0 Å². The molecule has 0 radical (unpaired) electrons. The van der Waals surface area contributed by atoms with Crippen LogP contribution >= 0.6 is 11.9 Å². The predicted molar refractivity (Wildman–Crippen MR) is 107 cm³/mol. The number of phenols is 1. The summed E-state index contributed by atoms with van der Waals surface area (Å²) in [4.78, 5) is 12.8. The van der Waals surface area contributed by atoms with Crippen molar-refractivity contribution < 1.29 is 18.3 Å². The average Bonchev–Trinajstić information content (AvgIpc) is 3.22. The highest BCUT2D eigenvalue weighted by atomic mass is 32.2. The van der Waals surface area contributed by atoms with Crippen LogP contribution in [0.15, 0.2) is 47.4 Å². The lowest BCUT2D eigenvalue weighted by molar-refractivity contribution is 0.0885. The number of nitrogens with zero attached hydrogens (tertiary/aromatic N) is 5. The van der Waals surface area contributed by atoms with E-state index in [1.165, 1.54) is 10.2 Å². The number of fused-ring (bicyclic) bond motifs is 1. The number of aromatic hydroxyl groups is 1. The highest BCUT2D eigenvalue weighted by Gasteiger charge is 2.43. The van der Waals surface area contributed by atoms with Gasteiger partial charge in [-0.25, -0.2) is 12.7 Å². The first-order chi connectivity index (χ1) is 13.8. The Morgan fingerprint density at radius 3 is 2.59 bits per heavy atom. The van der Waals surface area contributed by atoms with Gasteiger partial charge in [-0.05, 0) is 28.0 Å². The van der Waals surface area contributed by atoms with E-state index >= 15 is 0 Å². The Balaban J connectivity index is 1.66. The van der Waals surface area contributed by atoms with Crippen LogP contribution in [-0.2, 0) is 10.0 Å². The number of hydrogen-bond acceptors (Lipinski definition) is 8. The third kappa shape index (κ3) is 3.25. The molecule has 0 bridgehead atoms. The van der Waals surface area contributed by atoms with Crippen LogP contribution in [0.4, 0.5) is 0 Å². The molecular weight excluding hydrogens is 414 g/mol. The number of phenolic OH excluding ortho intramolecular Hbond substituents is 1. The first kappa shape index (κ1) is 19.4. The highest BCUT2D eigenvalue weighted by Crippen LogP contribution is 2.39. The molecule has 0 spiro atoms. The van der Waals surface area contributed by atoms with Gasteiger partial charge in [-0.1, -0.05) is 44.2 Å². The molecule has 1 aliphatic heterocycles. The summed E-state index contributed by atoms with van der Waals surface area (Å²) < 4.78 is 28.1. The fourth-order valence-electron chi connectivity index (χ4n) is 3.12. The van der Waals surface area contributed by atoms with Crippen LogP contribution in [0.3, 0.4) is 0 Å². The first-order valence-electron chi connectivity index (χ1n) is 8.71. The molecule has 0 saturated carbocycles. The van der Waals surface area contributed by atoms with E-state index in [2.05, 4.69) is 15.5 Å². The summed E-state index contributed by atoms with van der Waals surface area (Å²) in [6, 6.07) is 11.7. The molecule has 29 heavy (non-hydrogen) atoms. The predicted octanol–water partition coefficient (Wildman–Crippen LogP) is 2.47. The second-order valence-electron chi connectivity index (χ2n) is 6.72. The molecule has 0 saturated heterocycles. The van der Waals surface area contributed by atoms with Crippen molar-refractivity contribution in [1.29, 1.82) is 0 Å². The van der Waals surface area contributed by atoms with Gasteiger partial charge in [-0.3, -0.25) is 4.79 Å². The van der Waals surface area contributed by atoms with Crippen molar-refractivity contribution in [3.8, 4) is 17.1 Å². The lowest BCUT2D eigenvalue weighted by Crippen LogP contribution is -2.30. The van der Waals surface area contributed by atoms with Gasteiger partial charge in [0.05, 0.1) is 5.56 Å². The molecule has 150 valence electrons. The summed E-state index contributed by atoms with van der Waals surface area (Å²) in [6.45, 7) is 3.67. The lowest BCUT2D eigenvalue weighted by atomic mass is 9.96. The van der Waals surface area contributed by atoms with Crippen molar-refractivity contribution in [1.82, 2.24) is 23.9 Å². The molecule has 9 nitrogen and oxygen atoms in total. The molecule has 1 amide bonds. The van der Waals surface area contributed by atoms with Crippen LogP contribution in [0.2, 0.25) is 0 Å². The van der Waals surface area contributed by atoms with Crippen molar-refractivity contribution in [2.24, 2.45) is 0 Å². The quantitative estimate of drug-likeness (QED) is 0.654. The number of sulfonamides is 1. The third-order valence-corrected chi connectivity index (χ3v) is 7.30. The molecule has 4 rings (SSSR count). The molecule has 0 aliphatic carbocycles. The van der Waals surface area contributed by atoms with Gasteiger partial charge in [0.15, 0.2) is 5.82 Å². The van der Waals surface area contributed by atoms with Crippen molar-refractivity contribution in [2.75, 3.05) is 5.88 Å². The molecule has 2 heterocycles. The summed E-state index contributed by atoms with van der Waals surface area (Å²) >= 11 is 0.985. The number of carbonyl (C=O) groups is 1. The van der Waals surface area contributed by atoms with Gasteiger partial charge in [0, 0.05) is 23.6 Å². The minimum absolute atomic E-state index is 0.110. The van der Waals surface area contributed by atoms with Crippen LogP contribution in [0.5, 0.6) is 5.75 Å². The molecule has 0 unspecified atom stereocenters. The number of aromatic nitrogens is 4. The van der Waals surface area contributed by atoms with Crippen LogP contribution in [-0.4, -0.2) is 49.2 Å². The number of benzene rings is 2. The maximum Gasteiger partial charge on any atom is 0.270 e. The zero-order valence-electron chi connectivity index (χ0n) is 15.6. The average molecular weight is 431 g/mol. The molecule has 2 aromatic carbocycles. The van der Waals surface area contributed by atoms with Gasteiger partial charge in [0.2, 0.25) is 0 Å². The number of rotatable bonds is 5. The van der Waals surface area contributed by atoms with Gasteiger partial charge in [-0.15, -0.1) is 5.10 Å². The SMILES string of the molecule is CC(C)c1cc(O)cc2c1C(=O)N(CSn1nnnc1-c1ccccc1)S2(=O)=O. The van der Waals surface area contributed by atoms with Gasteiger partial charge in [-0.2, -0.15) is 4.09 Å². The molecule has 1 N–H and O–H groups in total. The standard InChI is InChI=1S/C18H17N5O4S2/c1-11(2)14-8-13(24)9-15-16(14)18(25)22(29(15,26)27)10-28-23-17(19-20-21-23)12-6-4-3-5-7-12/h3-9,11,24H,10H2,1-2H3. The van der Waals surface area contributed by atoms with Gasteiger partial charge >= 0.3 is 0 Å². The van der Waals surface area contributed by atoms with Crippen molar-refractivity contribution in [3.05, 3.63) is 53.6 Å². The monoisotopic (exact) mass is 431 g/mol. The highest BCUT2D eigenvalue weighted by molar-refractivity contribution is 7.99. The molecule has 11 heteroatoms. The van der Waals surface area contributed by atoms with Crippen molar-refractivity contribution in [3.63, 3.8) is 0 Å². The van der Waals surface area contributed by atoms with E-state index in [4.69, 9.17) is 0 Å². The van der Waals surface area contributed by atoms with Crippen LogP contribution in [0.1, 0.15) is 35.7 Å². The van der Waals surface area contributed by atoms with E-state index in [-0.39, 0.29) is 28.0 Å². The maximum atomic E-state index is 13.0. The number of hydrogen-bond donors (Lipinski definition) is 1. The minimum atomic E-state index is -4.08. The van der Waals surface area contributed by atoms with E-state index < -0.39 is 15.9 Å². The number of tetrazole rings is 1. The largest absolute Gasteiger partial charge is 0.508 e. The van der Waals surface area contributed by atoms with Crippen molar-refractivity contribution >= 4 is 27.9 Å². The summed E-state index contributed by atoms with van der Waals surface area (Å²) in [6.07, 6.45) is 0. The normalized spacial score (nSPS) is 15.1. The van der Waals surface area contributed by atoms with E-state index in [9.17, 15) is 18.3 Å². The first-order valence-corrected chi connectivity index (χ1v) is 11.1. The molecule has 0 fully saturated rings. The summed E-state index contributed by atoms with van der Waals surface area (Å²) in [5.74, 6) is -0.709. The van der Waals surface area contributed by atoms with Crippen molar-refractivity contribution in [2.45, 2.75) is 24.7 Å². The number of amides is 1. The van der Waals surface area contributed by atoms with Crippen LogP contribution < -0.4 is 0 Å². The molecule has 3 aromatic rings. The van der Waals surface area contributed by atoms with E-state index in [1.807, 2.05) is 44.2 Å². The summed E-state index contributed by atoms with van der Waals surface area (Å²) in [5.41, 5.74) is 1.36. The van der Waals surface area contributed by atoms with Gasteiger partial charge in [0.25, 0.3) is 15.9 Å². The fraction of sp³-hybridized carbons (Fsp3) is 0.222. The zero-order chi connectivity index (χ0) is 20.8. The number of carbonyl (C=O) groups excluding carboxylic acids is 1. The Kier molecular flexibility index (Phi) is 4.79. The molecular formula is C18H17N5O4S2. The van der Waals surface area contributed by atoms with Crippen LogP contribution in [0.25, 0.3) is 11.4 Å². The topological polar surface area (TPSA) is 118 Å². The molecule has 0 atom stereocenters. The Hall–Kier alpha value is -2.92. The zero-order valence-corrected chi connectivity index (χ0v) is 17.2. The Morgan fingerprint density at radius 2 is 1.90 bits per heavy atom. The molecule has 1 aliphatic rings. The summed E-state index contributed by atoms with van der Waals surface area (Å²) in [5, 5.41) is 21.4. The van der Waals surface area contributed by atoms with E-state index in [0.717, 1.165) is 27.9 Å². The van der Waals surface area contributed by atoms with E-state index in [1.54, 1.807) is 0 Å². The van der Waals surface area contributed by atoms with Gasteiger partial charge in [0.1, 0.15) is 16.5 Å².